The van der Waals surface area contributed by atoms with Crippen LogP contribution < -0.4 is 10.2 Å². The molecule has 5 rings (SSSR count). The quantitative estimate of drug-likeness (QED) is 0.117. The second-order valence-corrected chi connectivity index (χ2v) is 9.43. The van der Waals surface area contributed by atoms with Crippen molar-refractivity contribution in [1.29, 1.82) is 0 Å². The summed E-state index contributed by atoms with van der Waals surface area (Å²) < 4.78 is 21.9. The largest absolute Gasteiger partial charge is 0.508 e. The van der Waals surface area contributed by atoms with Crippen LogP contribution in [0.15, 0.2) is 63.8 Å². The van der Waals surface area contributed by atoms with E-state index in [-0.39, 0.29) is 33.8 Å². The van der Waals surface area contributed by atoms with Gasteiger partial charge in [-0.1, -0.05) is 0 Å². The Morgan fingerprint density at radius 3 is 2.14 bits per heavy atom. The average molecular weight is 584 g/mol. The summed E-state index contributed by atoms with van der Waals surface area (Å²) in [4.78, 5) is 25.1. The molecule has 4 aromatic rings. The van der Waals surface area contributed by atoms with Gasteiger partial charge in [-0.25, -0.2) is 4.79 Å². The monoisotopic (exact) mass is 584 g/mol. The summed E-state index contributed by atoms with van der Waals surface area (Å²) in [5.41, 5.74) is -0.567. The van der Waals surface area contributed by atoms with E-state index in [4.69, 9.17) is 18.6 Å². The fraction of sp³-hybridized carbons (Fsp3) is 0.214. The van der Waals surface area contributed by atoms with Crippen LogP contribution in [0.3, 0.4) is 0 Å². The zero-order valence-electron chi connectivity index (χ0n) is 21.3. The molecular formula is C28H24O14. The van der Waals surface area contributed by atoms with Crippen LogP contribution in [0.25, 0.3) is 22.3 Å². The summed E-state index contributed by atoms with van der Waals surface area (Å²) in [7, 11) is 0. The number of hydrogen-bond acceptors (Lipinski definition) is 14. The van der Waals surface area contributed by atoms with Gasteiger partial charge >= 0.3 is 5.97 Å². The van der Waals surface area contributed by atoms with Crippen LogP contribution in [0.2, 0.25) is 0 Å². The number of rotatable bonds is 6. The van der Waals surface area contributed by atoms with E-state index in [1.165, 1.54) is 30.3 Å². The minimum atomic E-state index is -1.83. The molecule has 0 bridgehead atoms. The summed E-state index contributed by atoms with van der Waals surface area (Å²) in [6.45, 7) is -0.681. The highest BCUT2D eigenvalue weighted by atomic mass is 16.7. The van der Waals surface area contributed by atoms with Gasteiger partial charge in [0.2, 0.25) is 6.29 Å². The Morgan fingerprint density at radius 2 is 1.48 bits per heavy atom. The summed E-state index contributed by atoms with van der Waals surface area (Å²) in [5, 5.41) is 79.7. The van der Waals surface area contributed by atoms with E-state index in [9.17, 15) is 50.4 Å². The molecule has 2 heterocycles. The number of benzene rings is 3. The molecule has 220 valence electrons. The van der Waals surface area contributed by atoms with E-state index in [1.54, 1.807) is 0 Å². The number of aliphatic hydroxyl groups is 3. The standard InChI is InChI=1S/C28H24O14/c29-13-3-1-11(2-4-13)19-9-16(31)22-15(30)7-14(8-20(22)41-19)40-28-26(37)25(36)24(35)21(42-28)10-39-27(38)12-5-17(32)23(34)18(33)6-12/h1-9,21,24-26,28-30,32-37H,10H2/t21-,24-,25+,26-,28-/m1/s1. The maximum Gasteiger partial charge on any atom is 0.338 e. The third kappa shape index (κ3) is 5.46. The van der Waals surface area contributed by atoms with Crippen LogP contribution in [0.4, 0.5) is 0 Å². The van der Waals surface area contributed by atoms with Gasteiger partial charge in [0.25, 0.3) is 0 Å². The lowest BCUT2D eigenvalue weighted by atomic mass is 9.99. The summed E-state index contributed by atoms with van der Waals surface area (Å²) in [6.07, 6.45) is -8.50. The number of carbonyl (C=O) groups excluding carboxylic acids is 1. The first-order valence-electron chi connectivity index (χ1n) is 12.3. The number of phenolic OH excluding ortho intramolecular Hbond substituents is 5. The Labute approximate surface area is 235 Å². The van der Waals surface area contributed by atoms with Crippen molar-refractivity contribution in [3.63, 3.8) is 0 Å². The second-order valence-electron chi connectivity index (χ2n) is 9.43. The molecule has 8 N–H and O–H groups in total. The zero-order valence-corrected chi connectivity index (χ0v) is 21.3. The molecule has 42 heavy (non-hydrogen) atoms. The average Bonchev–Trinajstić information content (AvgIpc) is 2.95. The van der Waals surface area contributed by atoms with Gasteiger partial charge in [0, 0.05) is 23.8 Å². The molecule has 1 saturated heterocycles. The highest BCUT2D eigenvalue weighted by molar-refractivity contribution is 5.91. The van der Waals surface area contributed by atoms with Crippen molar-refractivity contribution in [3.05, 3.63) is 70.4 Å². The topological polar surface area (TPSA) is 237 Å². The predicted octanol–water partition coefficient (Wildman–Crippen LogP) is 1.03. The third-order valence-corrected chi connectivity index (χ3v) is 6.54. The smallest absolute Gasteiger partial charge is 0.338 e. The molecule has 14 nitrogen and oxygen atoms in total. The molecule has 3 aromatic carbocycles. The van der Waals surface area contributed by atoms with Gasteiger partial charge in [-0.15, -0.1) is 0 Å². The van der Waals surface area contributed by atoms with Crippen molar-refractivity contribution in [1.82, 2.24) is 0 Å². The molecule has 0 unspecified atom stereocenters. The number of ether oxygens (including phenoxy) is 3. The number of carbonyl (C=O) groups is 1. The van der Waals surface area contributed by atoms with Crippen LogP contribution in [0.5, 0.6) is 34.5 Å². The van der Waals surface area contributed by atoms with Gasteiger partial charge in [0.05, 0.1) is 5.56 Å². The van der Waals surface area contributed by atoms with E-state index in [0.717, 1.165) is 24.3 Å². The van der Waals surface area contributed by atoms with E-state index < -0.39 is 71.7 Å². The van der Waals surface area contributed by atoms with E-state index in [1.807, 2.05) is 0 Å². The molecule has 14 heteroatoms. The highest BCUT2D eigenvalue weighted by Crippen LogP contribution is 2.36. The summed E-state index contributed by atoms with van der Waals surface area (Å²) in [6, 6.07) is 10.9. The van der Waals surface area contributed by atoms with Crippen molar-refractivity contribution in [2.45, 2.75) is 30.7 Å². The van der Waals surface area contributed by atoms with E-state index >= 15 is 0 Å². The molecule has 1 aliphatic heterocycles. The molecule has 0 radical (unpaired) electrons. The van der Waals surface area contributed by atoms with Gasteiger partial charge < -0.3 is 59.5 Å². The van der Waals surface area contributed by atoms with Gasteiger partial charge in [0.15, 0.2) is 22.7 Å². The Hall–Kier alpha value is -5.02. The molecule has 1 aliphatic rings. The fourth-order valence-corrected chi connectivity index (χ4v) is 4.33. The van der Waals surface area contributed by atoms with Crippen molar-refractivity contribution in [2.75, 3.05) is 6.61 Å². The van der Waals surface area contributed by atoms with Gasteiger partial charge in [-0.3, -0.25) is 4.79 Å². The second kappa shape index (κ2) is 11.1. The lowest BCUT2D eigenvalue weighted by Crippen LogP contribution is -2.60. The number of fused-ring (bicyclic) bond motifs is 1. The zero-order chi connectivity index (χ0) is 30.3. The minimum absolute atomic E-state index is 0.000538. The molecule has 0 saturated carbocycles. The number of esters is 1. The number of phenols is 5. The molecule has 0 aliphatic carbocycles. The van der Waals surface area contributed by atoms with Crippen LogP contribution in [-0.2, 0) is 9.47 Å². The Balaban J connectivity index is 1.36. The fourth-order valence-electron chi connectivity index (χ4n) is 4.33. The molecule has 0 spiro atoms. The first-order valence-corrected chi connectivity index (χ1v) is 12.3. The number of hydrogen-bond donors (Lipinski definition) is 8. The SMILES string of the molecule is O=C(OC[C@H]1O[C@@H](Oc2cc(O)c3c(=O)cc(-c4ccc(O)cc4)oc3c2)[C@H](O)[C@@H](O)[C@@H]1O)c1cc(O)c(O)c(O)c1. The lowest BCUT2D eigenvalue weighted by molar-refractivity contribution is -0.277. The van der Waals surface area contributed by atoms with Gasteiger partial charge in [-0.05, 0) is 36.4 Å². The summed E-state index contributed by atoms with van der Waals surface area (Å²) in [5.74, 6) is -4.07. The predicted molar refractivity (Wildman–Crippen MR) is 140 cm³/mol. The maximum absolute atomic E-state index is 12.7. The normalized spacial score (nSPS) is 22.1. The first kappa shape index (κ1) is 28.5. The molecule has 0 amide bonds. The Kier molecular flexibility index (Phi) is 7.53. The number of aliphatic hydroxyl groups excluding tert-OH is 3. The van der Waals surface area contributed by atoms with Crippen LogP contribution in [0.1, 0.15) is 10.4 Å². The van der Waals surface area contributed by atoms with Gasteiger partial charge in [0.1, 0.15) is 65.0 Å². The van der Waals surface area contributed by atoms with Gasteiger partial charge in [-0.2, -0.15) is 0 Å². The van der Waals surface area contributed by atoms with Crippen molar-refractivity contribution in [2.24, 2.45) is 0 Å². The molecule has 1 aromatic heterocycles. The van der Waals surface area contributed by atoms with Crippen LogP contribution in [-0.4, -0.2) is 84.1 Å². The molecular weight excluding hydrogens is 560 g/mol. The minimum Gasteiger partial charge on any atom is -0.508 e. The third-order valence-electron chi connectivity index (χ3n) is 6.54. The van der Waals surface area contributed by atoms with E-state index in [0.29, 0.717) is 5.56 Å². The highest BCUT2D eigenvalue weighted by Gasteiger charge is 2.45. The molecule has 5 atom stereocenters. The Bertz CT molecular complexity index is 1670. The maximum atomic E-state index is 12.7. The number of aromatic hydroxyl groups is 5. The Morgan fingerprint density at radius 1 is 0.810 bits per heavy atom. The lowest BCUT2D eigenvalue weighted by Gasteiger charge is -2.39. The van der Waals surface area contributed by atoms with Crippen molar-refractivity contribution < 1.29 is 64.3 Å². The van der Waals surface area contributed by atoms with Crippen molar-refractivity contribution >= 4 is 16.9 Å². The first-order chi connectivity index (χ1) is 19.9. The van der Waals surface area contributed by atoms with Crippen molar-refractivity contribution in [3.8, 4) is 45.8 Å². The van der Waals surface area contributed by atoms with Crippen LogP contribution >= 0.6 is 0 Å². The molecule has 1 fully saturated rings. The van der Waals surface area contributed by atoms with E-state index in [2.05, 4.69) is 0 Å². The summed E-state index contributed by atoms with van der Waals surface area (Å²) >= 11 is 0. The van der Waals surface area contributed by atoms with Crippen LogP contribution in [0, 0.1) is 0 Å².